The lowest BCUT2D eigenvalue weighted by atomic mass is 9.75. The number of nitrogens with one attached hydrogen (secondary N) is 1. The summed E-state index contributed by atoms with van der Waals surface area (Å²) in [7, 11) is 3.19. The van der Waals surface area contributed by atoms with Crippen molar-refractivity contribution in [2.45, 2.75) is 24.9 Å². The van der Waals surface area contributed by atoms with Crippen LogP contribution in [0, 0.1) is 0 Å². The molecule has 33 heavy (non-hydrogen) atoms. The van der Waals surface area contributed by atoms with E-state index in [1.165, 1.54) is 0 Å². The molecule has 0 bridgehead atoms. The molecule has 2 aromatic carbocycles. The van der Waals surface area contributed by atoms with Crippen LogP contribution in [0.5, 0.6) is 11.5 Å². The van der Waals surface area contributed by atoms with E-state index in [0.717, 1.165) is 22.3 Å². The van der Waals surface area contributed by atoms with Gasteiger partial charge in [-0.3, -0.25) is 14.6 Å². The number of carbonyl (C=O) groups excluding carboxylic acids is 2. The second-order valence-corrected chi connectivity index (χ2v) is 8.24. The van der Waals surface area contributed by atoms with Crippen LogP contribution in [0.2, 0.25) is 0 Å². The molecule has 2 aliphatic heterocycles. The topological polar surface area (TPSA) is 80.8 Å². The molecule has 7 heteroatoms. The predicted molar refractivity (Wildman–Crippen MR) is 122 cm³/mol. The third-order valence-corrected chi connectivity index (χ3v) is 6.50. The highest BCUT2D eigenvalue weighted by Gasteiger charge is 2.46. The summed E-state index contributed by atoms with van der Waals surface area (Å²) in [5.74, 6) is 0.500. The second-order valence-electron chi connectivity index (χ2n) is 8.24. The van der Waals surface area contributed by atoms with E-state index in [-0.39, 0.29) is 11.8 Å². The molecule has 0 unspecified atom stereocenters. The van der Waals surface area contributed by atoms with Crippen LogP contribution in [-0.4, -0.2) is 42.5 Å². The van der Waals surface area contributed by atoms with Gasteiger partial charge in [0.1, 0.15) is 0 Å². The Hall–Kier alpha value is -3.87. The smallest absolute Gasteiger partial charge is 0.254 e. The lowest BCUT2D eigenvalue weighted by Gasteiger charge is -2.45. The predicted octanol–water partition coefficient (Wildman–Crippen LogP) is 3.25. The fourth-order valence-corrected chi connectivity index (χ4v) is 4.94. The first-order valence-corrected chi connectivity index (χ1v) is 10.9. The van der Waals surface area contributed by atoms with Crippen LogP contribution in [-0.2, 0) is 17.8 Å². The number of fused-ring (bicyclic) bond motifs is 4. The molecule has 2 aliphatic rings. The van der Waals surface area contributed by atoms with Gasteiger partial charge in [-0.15, -0.1) is 0 Å². The van der Waals surface area contributed by atoms with Crippen molar-refractivity contribution in [1.82, 2.24) is 15.2 Å². The summed E-state index contributed by atoms with van der Waals surface area (Å²) in [4.78, 5) is 33.0. The number of ether oxygens (including phenoxy) is 2. The van der Waals surface area contributed by atoms with Crippen molar-refractivity contribution in [3.63, 3.8) is 0 Å². The van der Waals surface area contributed by atoms with Crippen molar-refractivity contribution in [2.24, 2.45) is 0 Å². The van der Waals surface area contributed by atoms with Gasteiger partial charge in [0.05, 0.1) is 26.2 Å². The van der Waals surface area contributed by atoms with Gasteiger partial charge in [0.2, 0.25) is 5.91 Å². The molecule has 0 aliphatic carbocycles. The third kappa shape index (κ3) is 3.59. The van der Waals surface area contributed by atoms with Crippen LogP contribution in [0.4, 0.5) is 0 Å². The van der Waals surface area contributed by atoms with Gasteiger partial charge < -0.3 is 19.7 Å². The normalized spacial score (nSPS) is 18.6. The summed E-state index contributed by atoms with van der Waals surface area (Å²) >= 11 is 0. The number of hydrogen-bond acceptors (Lipinski definition) is 5. The first kappa shape index (κ1) is 21.0. The zero-order valence-corrected chi connectivity index (χ0v) is 18.6. The molecule has 0 spiro atoms. The van der Waals surface area contributed by atoms with E-state index in [2.05, 4.69) is 10.3 Å². The Morgan fingerprint density at radius 1 is 1.09 bits per heavy atom. The summed E-state index contributed by atoms with van der Waals surface area (Å²) < 4.78 is 11.0. The lowest BCUT2D eigenvalue weighted by Crippen LogP contribution is -2.50. The molecule has 1 N–H and O–H groups in total. The minimum atomic E-state index is -0.548. The highest BCUT2D eigenvalue weighted by atomic mass is 16.5. The highest BCUT2D eigenvalue weighted by molar-refractivity contribution is 6.01. The average molecular weight is 444 g/mol. The molecule has 1 aromatic heterocycles. The molecular formula is C26H25N3O4. The van der Waals surface area contributed by atoms with E-state index in [1.54, 1.807) is 32.7 Å². The molecule has 0 saturated carbocycles. The van der Waals surface area contributed by atoms with Gasteiger partial charge in [-0.25, -0.2) is 0 Å². The van der Waals surface area contributed by atoms with E-state index in [9.17, 15) is 9.59 Å². The number of amides is 2. The molecule has 7 nitrogen and oxygen atoms in total. The Balaban J connectivity index is 1.59. The SMILES string of the molecule is COc1cc2c(cc1OC)[C@H]1[C@@H](C(=O)NCc3cccnc3)c3ccccc3C(=O)N1CC2. The van der Waals surface area contributed by atoms with Gasteiger partial charge >= 0.3 is 0 Å². The maximum atomic E-state index is 13.7. The maximum absolute atomic E-state index is 13.7. The number of aromatic nitrogens is 1. The third-order valence-electron chi connectivity index (χ3n) is 6.50. The summed E-state index contributed by atoms with van der Waals surface area (Å²) in [6.45, 7) is 0.900. The van der Waals surface area contributed by atoms with Gasteiger partial charge in [0.25, 0.3) is 5.91 Å². The van der Waals surface area contributed by atoms with Gasteiger partial charge in [-0.1, -0.05) is 24.3 Å². The fourth-order valence-electron chi connectivity index (χ4n) is 4.94. The number of benzene rings is 2. The minimum Gasteiger partial charge on any atom is -0.493 e. The van der Waals surface area contributed by atoms with E-state index in [0.29, 0.717) is 36.6 Å². The van der Waals surface area contributed by atoms with Crippen molar-refractivity contribution in [3.05, 3.63) is 88.7 Å². The Kier molecular flexibility index (Phi) is 5.46. The quantitative estimate of drug-likeness (QED) is 0.655. The average Bonchev–Trinajstić information content (AvgIpc) is 2.87. The molecule has 2 atom stereocenters. The Morgan fingerprint density at radius 3 is 2.64 bits per heavy atom. The number of carbonyl (C=O) groups is 2. The monoisotopic (exact) mass is 443 g/mol. The largest absolute Gasteiger partial charge is 0.493 e. The van der Waals surface area contributed by atoms with Crippen molar-refractivity contribution in [3.8, 4) is 11.5 Å². The number of rotatable bonds is 5. The van der Waals surface area contributed by atoms with Crippen LogP contribution in [0.1, 0.15) is 44.6 Å². The minimum absolute atomic E-state index is 0.0488. The summed E-state index contributed by atoms with van der Waals surface area (Å²) in [6, 6.07) is 14.6. The Morgan fingerprint density at radius 2 is 1.88 bits per heavy atom. The van der Waals surface area contributed by atoms with E-state index >= 15 is 0 Å². The van der Waals surface area contributed by atoms with Gasteiger partial charge in [-0.2, -0.15) is 0 Å². The highest BCUT2D eigenvalue weighted by Crippen LogP contribution is 2.48. The van der Waals surface area contributed by atoms with E-state index in [4.69, 9.17) is 9.47 Å². The van der Waals surface area contributed by atoms with Crippen LogP contribution in [0.3, 0.4) is 0 Å². The number of hydrogen-bond donors (Lipinski definition) is 1. The number of nitrogens with zero attached hydrogens (tertiary/aromatic N) is 2. The van der Waals surface area contributed by atoms with Crippen LogP contribution in [0.25, 0.3) is 0 Å². The summed E-state index contributed by atoms with van der Waals surface area (Å²) in [5, 5.41) is 3.07. The molecule has 5 rings (SSSR count). The van der Waals surface area contributed by atoms with Crippen LogP contribution in [0.15, 0.2) is 60.9 Å². The summed E-state index contributed by atoms with van der Waals surface area (Å²) in [5.41, 5.74) is 4.22. The molecule has 0 radical (unpaired) electrons. The zero-order valence-electron chi connectivity index (χ0n) is 18.6. The first-order valence-electron chi connectivity index (χ1n) is 10.9. The molecule has 0 fully saturated rings. The molecule has 3 heterocycles. The zero-order chi connectivity index (χ0) is 22.9. The Bertz CT molecular complexity index is 1210. The van der Waals surface area contributed by atoms with Crippen molar-refractivity contribution in [1.29, 1.82) is 0 Å². The second kappa shape index (κ2) is 8.58. The van der Waals surface area contributed by atoms with Crippen molar-refractivity contribution in [2.75, 3.05) is 20.8 Å². The van der Waals surface area contributed by atoms with E-state index < -0.39 is 12.0 Å². The van der Waals surface area contributed by atoms with Gasteiger partial charge in [-0.05, 0) is 52.9 Å². The van der Waals surface area contributed by atoms with Crippen molar-refractivity contribution < 1.29 is 19.1 Å². The lowest BCUT2D eigenvalue weighted by molar-refractivity contribution is -0.124. The molecule has 3 aromatic rings. The van der Waals surface area contributed by atoms with Gasteiger partial charge in [0, 0.05) is 31.0 Å². The molecule has 2 amide bonds. The number of methoxy groups -OCH3 is 2. The maximum Gasteiger partial charge on any atom is 0.254 e. The summed E-state index contributed by atoms with van der Waals surface area (Å²) in [6.07, 6.45) is 4.12. The van der Waals surface area contributed by atoms with Crippen molar-refractivity contribution >= 4 is 11.8 Å². The van der Waals surface area contributed by atoms with Gasteiger partial charge in [0.15, 0.2) is 11.5 Å². The first-order chi connectivity index (χ1) is 16.1. The molecule has 168 valence electrons. The standard InChI is InChI=1S/C26H25N3O4/c1-32-21-12-17-9-11-29-24(20(17)13-22(21)33-2)23(18-7-3-4-8-19(18)26(29)31)25(30)28-15-16-6-5-10-27-14-16/h3-8,10,12-14,23-24H,9,11,15H2,1-2H3,(H,28,30)/t23-,24-/m0/s1. The Labute approximate surface area is 192 Å². The van der Waals surface area contributed by atoms with Crippen LogP contribution >= 0.6 is 0 Å². The number of pyridine rings is 1. The van der Waals surface area contributed by atoms with Crippen LogP contribution < -0.4 is 14.8 Å². The fraction of sp³-hybridized carbons (Fsp3) is 0.269. The van der Waals surface area contributed by atoms with E-state index in [1.807, 2.05) is 47.4 Å². The molecular weight excluding hydrogens is 418 g/mol. The molecule has 0 saturated heterocycles.